The largest absolute Gasteiger partial charge is 0.504 e. The van der Waals surface area contributed by atoms with E-state index in [1.54, 1.807) is 13.0 Å². The molecule has 4 N–H and O–H groups in total. The van der Waals surface area contributed by atoms with Crippen LogP contribution in [0.4, 0.5) is 0 Å². The van der Waals surface area contributed by atoms with Gasteiger partial charge in [-0.3, -0.25) is 0 Å². The quantitative estimate of drug-likeness (QED) is 0.248. The first-order valence-electron chi connectivity index (χ1n) is 12.5. The minimum absolute atomic E-state index is 0.161. The molecule has 3 aromatic rings. The van der Waals surface area contributed by atoms with Crippen molar-refractivity contribution in [3.63, 3.8) is 0 Å². The van der Waals surface area contributed by atoms with E-state index in [1.807, 2.05) is 18.3 Å². The number of unbranched alkanes of at least 4 members (excludes halogenated alkanes) is 1. The maximum absolute atomic E-state index is 10.2. The molecule has 2 atom stereocenters. The summed E-state index contributed by atoms with van der Waals surface area (Å²) in [6, 6.07) is 11.9. The number of ether oxygens (including phenoxy) is 1. The van der Waals surface area contributed by atoms with Crippen molar-refractivity contribution in [2.24, 2.45) is 0 Å². The molecule has 0 fully saturated rings. The molecule has 3 rings (SSSR count). The van der Waals surface area contributed by atoms with Crippen molar-refractivity contribution in [3.8, 4) is 11.5 Å². The van der Waals surface area contributed by atoms with E-state index in [9.17, 15) is 10.2 Å². The average Bonchev–Trinajstić information content (AvgIpc) is 3.47. The maximum Gasteiger partial charge on any atom is 0.161 e. The number of phenols is 1. The number of aromatic amines is 1. The van der Waals surface area contributed by atoms with Crippen LogP contribution in [0.25, 0.3) is 0 Å². The summed E-state index contributed by atoms with van der Waals surface area (Å²) in [6.07, 6.45) is 7.39. The second-order valence-corrected chi connectivity index (χ2v) is 9.24. The molecule has 0 radical (unpaired) electrons. The molecule has 34 heavy (non-hydrogen) atoms. The van der Waals surface area contributed by atoms with Gasteiger partial charge < -0.3 is 29.7 Å². The summed E-state index contributed by atoms with van der Waals surface area (Å²) < 4.78 is 11.8. The molecule has 6 heteroatoms. The second-order valence-electron chi connectivity index (χ2n) is 9.24. The van der Waals surface area contributed by atoms with E-state index in [0.717, 1.165) is 61.4 Å². The Morgan fingerprint density at radius 3 is 2.56 bits per heavy atom. The Labute approximate surface area is 203 Å². The fourth-order valence-corrected chi connectivity index (χ4v) is 3.93. The van der Waals surface area contributed by atoms with Gasteiger partial charge in [0.15, 0.2) is 11.5 Å². The highest BCUT2D eigenvalue weighted by molar-refractivity contribution is 5.42. The van der Waals surface area contributed by atoms with Gasteiger partial charge in [-0.2, -0.15) is 0 Å². The van der Waals surface area contributed by atoms with Crippen molar-refractivity contribution >= 4 is 0 Å². The lowest BCUT2D eigenvalue weighted by atomic mass is 10.0. The van der Waals surface area contributed by atoms with E-state index < -0.39 is 0 Å². The van der Waals surface area contributed by atoms with Gasteiger partial charge in [0.25, 0.3) is 0 Å². The van der Waals surface area contributed by atoms with Crippen molar-refractivity contribution in [1.29, 1.82) is 0 Å². The number of furan rings is 1. The van der Waals surface area contributed by atoms with Crippen LogP contribution in [0.5, 0.6) is 11.5 Å². The molecule has 1 aromatic carbocycles. The molecule has 0 aliphatic heterocycles. The molecule has 0 bridgehead atoms. The molecule has 0 unspecified atom stereocenters. The van der Waals surface area contributed by atoms with Crippen LogP contribution in [0.15, 0.2) is 47.0 Å². The van der Waals surface area contributed by atoms with E-state index in [4.69, 9.17) is 9.15 Å². The van der Waals surface area contributed by atoms with Gasteiger partial charge in [-0.15, -0.1) is 0 Å². The van der Waals surface area contributed by atoms with Crippen LogP contribution in [0, 0.1) is 0 Å². The zero-order chi connectivity index (χ0) is 24.3. The van der Waals surface area contributed by atoms with Gasteiger partial charge in [0, 0.05) is 44.2 Å². The highest BCUT2D eigenvalue weighted by atomic mass is 16.5. The van der Waals surface area contributed by atoms with E-state index in [1.165, 1.54) is 12.0 Å². The van der Waals surface area contributed by atoms with E-state index in [-0.39, 0.29) is 11.9 Å². The van der Waals surface area contributed by atoms with Gasteiger partial charge in [0.05, 0.1) is 12.7 Å². The van der Waals surface area contributed by atoms with Crippen LogP contribution in [0.3, 0.4) is 0 Å². The number of aliphatic hydroxyl groups excluding tert-OH is 1. The monoisotopic (exact) mass is 468 g/mol. The van der Waals surface area contributed by atoms with Crippen LogP contribution >= 0.6 is 0 Å². The topological polar surface area (TPSA) is 90.6 Å². The average molecular weight is 469 g/mol. The molecular formula is C28H40N2O4. The predicted molar refractivity (Wildman–Crippen MR) is 136 cm³/mol. The number of phenolic OH excluding ortho intramolecular Hbond substituents is 1. The third kappa shape index (κ3) is 8.26. The lowest BCUT2D eigenvalue weighted by Crippen LogP contribution is -2.27. The SMILES string of the molecule is CCCCc1ccc(CCc2ccc(O)c(OCCc3cc([C@H](C)CNC[C@H](C)O)c[nH]3)c2)o1. The van der Waals surface area contributed by atoms with Crippen LogP contribution < -0.4 is 10.1 Å². The van der Waals surface area contributed by atoms with Crippen molar-refractivity contribution in [3.05, 3.63) is 70.9 Å². The van der Waals surface area contributed by atoms with Crippen LogP contribution in [-0.4, -0.2) is 41.0 Å². The number of H-pyrrole nitrogens is 1. The Balaban J connectivity index is 1.46. The van der Waals surface area contributed by atoms with Crippen LogP contribution in [-0.2, 0) is 25.7 Å². The summed E-state index contributed by atoms with van der Waals surface area (Å²) in [7, 11) is 0. The first-order valence-corrected chi connectivity index (χ1v) is 12.5. The number of aromatic nitrogens is 1. The highest BCUT2D eigenvalue weighted by Gasteiger charge is 2.10. The highest BCUT2D eigenvalue weighted by Crippen LogP contribution is 2.28. The fraction of sp³-hybridized carbons (Fsp3) is 0.500. The summed E-state index contributed by atoms with van der Waals surface area (Å²) in [5, 5.41) is 22.9. The van der Waals surface area contributed by atoms with Gasteiger partial charge in [-0.1, -0.05) is 26.3 Å². The van der Waals surface area contributed by atoms with Crippen molar-refractivity contribution < 1.29 is 19.4 Å². The summed E-state index contributed by atoms with van der Waals surface area (Å²) in [5.74, 6) is 3.09. The van der Waals surface area contributed by atoms with Crippen LogP contribution in [0.1, 0.15) is 67.9 Å². The standard InChI is InChI=1S/C28H40N2O4/c1-4-5-6-25-10-11-26(34-25)9-7-22-8-12-27(32)28(15-22)33-14-13-24-16-23(19-30-24)20(2)17-29-18-21(3)31/h8,10-12,15-16,19-21,29-32H,4-7,9,13-14,17-18H2,1-3H3/t20-,21+/m1/s1. The third-order valence-corrected chi connectivity index (χ3v) is 6.03. The van der Waals surface area contributed by atoms with E-state index in [2.05, 4.69) is 42.3 Å². The Morgan fingerprint density at radius 2 is 1.79 bits per heavy atom. The Bertz CT molecular complexity index is 992. The molecule has 0 saturated carbocycles. The third-order valence-electron chi connectivity index (χ3n) is 6.03. The summed E-state index contributed by atoms with van der Waals surface area (Å²) >= 11 is 0. The molecule has 2 aromatic heterocycles. The molecule has 0 aliphatic rings. The zero-order valence-corrected chi connectivity index (χ0v) is 20.8. The first-order chi connectivity index (χ1) is 16.4. The lowest BCUT2D eigenvalue weighted by molar-refractivity contribution is 0.191. The van der Waals surface area contributed by atoms with Crippen LogP contribution in [0.2, 0.25) is 0 Å². The molecule has 0 saturated heterocycles. The summed E-state index contributed by atoms with van der Waals surface area (Å²) in [5.41, 5.74) is 3.44. The van der Waals surface area contributed by atoms with Gasteiger partial charge in [-0.25, -0.2) is 0 Å². The zero-order valence-electron chi connectivity index (χ0n) is 20.8. The molecule has 186 valence electrons. The number of rotatable bonds is 15. The summed E-state index contributed by atoms with van der Waals surface area (Å²) in [6.45, 7) is 8.02. The Morgan fingerprint density at radius 1 is 1.00 bits per heavy atom. The normalized spacial score (nSPS) is 13.2. The number of nitrogens with one attached hydrogen (secondary N) is 2. The van der Waals surface area contributed by atoms with Gasteiger partial charge in [0.2, 0.25) is 0 Å². The van der Waals surface area contributed by atoms with Crippen molar-refractivity contribution in [2.75, 3.05) is 19.7 Å². The molecule has 2 heterocycles. The Kier molecular flexibility index (Phi) is 10.1. The molecule has 6 nitrogen and oxygen atoms in total. The Hall–Kier alpha value is -2.70. The first kappa shape index (κ1) is 25.9. The molecule has 0 spiro atoms. The van der Waals surface area contributed by atoms with Gasteiger partial charge in [0.1, 0.15) is 11.5 Å². The van der Waals surface area contributed by atoms with Gasteiger partial charge in [-0.05, 0) is 67.1 Å². The fourth-order valence-electron chi connectivity index (χ4n) is 3.93. The number of hydrogen-bond acceptors (Lipinski definition) is 5. The number of aliphatic hydroxyl groups is 1. The molecule has 0 aliphatic carbocycles. The number of aromatic hydroxyl groups is 1. The van der Waals surface area contributed by atoms with Crippen molar-refractivity contribution in [2.45, 2.75) is 71.3 Å². The van der Waals surface area contributed by atoms with Gasteiger partial charge >= 0.3 is 0 Å². The number of aryl methyl sites for hydroxylation is 3. The number of hydrogen-bond donors (Lipinski definition) is 4. The van der Waals surface area contributed by atoms with Crippen molar-refractivity contribution in [1.82, 2.24) is 10.3 Å². The molecule has 0 amide bonds. The number of benzene rings is 1. The summed E-state index contributed by atoms with van der Waals surface area (Å²) in [4.78, 5) is 3.32. The molecular weight excluding hydrogens is 428 g/mol. The smallest absolute Gasteiger partial charge is 0.161 e. The maximum atomic E-state index is 10.2. The second kappa shape index (κ2) is 13.3. The predicted octanol–water partition coefficient (Wildman–Crippen LogP) is 5.14. The van der Waals surface area contributed by atoms with E-state index in [0.29, 0.717) is 24.8 Å². The minimum atomic E-state index is -0.338. The van der Waals surface area contributed by atoms with E-state index >= 15 is 0 Å². The lowest BCUT2D eigenvalue weighted by Gasteiger charge is -2.12. The minimum Gasteiger partial charge on any atom is -0.504 e.